The van der Waals surface area contributed by atoms with E-state index in [1.165, 1.54) is 0 Å². The van der Waals surface area contributed by atoms with E-state index in [9.17, 15) is 0 Å². The SMILES string of the molecule is COc1cc([C@H]2Oc3c(OC)cccc3[C@@H]3CC(c4cccnc4)=NN23)cc(OC)c1OC. The van der Waals surface area contributed by atoms with E-state index in [0.717, 1.165) is 28.8 Å². The van der Waals surface area contributed by atoms with Crippen LogP contribution < -0.4 is 23.7 Å². The monoisotopic (exact) mass is 447 g/mol. The van der Waals surface area contributed by atoms with Crippen molar-refractivity contribution in [1.29, 1.82) is 0 Å². The first-order valence-electron chi connectivity index (χ1n) is 10.6. The third-order valence-electron chi connectivity index (χ3n) is 5.97. The van der Waals surface area contributed by atoms with Crippen molar-refractivity contribution in [1.82, 2.24) is 9.99 Å². The summed E-state index contributed by atoms with van der Waals surface area (Å²) in [7, 11) is 6.42. The predicted molar refractivity (Wildman–Crippen MR) is 122 cm³/mol. The second-order valence-corrected chi connectivity index (χ2v) is 7.70. The lowest BCUT2D eigenvalue weighted by Gasteiger charge is -2.38. The van der Waals surface area contributed by atoms with Crippen LogP contribution in [0.3, 0.4) is 0 Å². The Hall–Kier alpha value is -3.94. The van der Waals surface area contributed by atoms with Crippen LogP contribution in [0, 0.1) is 0 Å². The van der Waals surface area contributed by atoms with Gasteiger partial charge < -0.3 is 23.7 Å². The molecular formula is C25H25N3O5. The number of para-hydroxylation sites is 1. The second-order valence-electron chi connectivity index (χ2n) is 7.70. The van der Waals surface area contributed by atoms with E-state index in [2.05, 4.69) is 11.1 Å². The molecule has 3 aromatic rings. The molecule has 2 aliphatic rings. The molecule has 0 saturated heterocycles. The van der Waals surface area contributed by atoms with Crippen LogP contribution in [0.5, 0.6) is 28.7 Å². The molecule has 8 nitrogen and oxygen atoms in total. The van der Waals surface area contributed by atoms with Crippen LogP contribution in [0.1, 0.15) is 35.4 Å². The molecule has 3 heterocycles. The summed E-state index contributed by atoms with van der Waals surface area (Å²) in [5.41, 5.74) is 3.78. The lowest BCUT2D eigenvalue weighted by Crippen LogP contribution is -2.34. The summed E-state index contributed by atoms with van der Waals surface area (Å²) in [6, 6.07) is 13.6. The van der Waals surface area contributed by atoms with Crippen LogP contribution in [0.4, 0.5) is 0 Å². The van der Waals surface area contributed by atoms with Gasteiger partial charge in [0.1, 0.15) is 0 Å². The summed E-state index contributed by atoms with van der Waals surface area (Å²) >= 11 is 0. The molecule has 8 heteroatoms. The number of aromatic nitrogens is 1. The van der Waals surface area contributed by atoms with E-state index in [0.29, 0.717) is 28.7 Å². The van der Waals surface area contributed by atoms with Crippen LogP contribution >= 0.6 is 0 Å². The molecule has 2 aromatic carbocycles. The summed E-state index contributed by atoms with van der Waals surface area (Å²) in [6.45, 7) is 0. The summed E-state index contributed by atoms with van der Waals surface area (Å²) in [4.78, 5) is 4.26. The quantitative estimate of drug-likeness (QED) is 0.556. The van der Waals surface area contributed by atoms with Crippen molar-refractivity contribution >= 4 is 5.71 Å². The molecule has 5 rings (SSSR count). The Balaban J connectivity index is 1.66. The second kappa shape index (κ2) is 8.54. The number of benzene rings is 2. The van der Waals surface area contributed by atoms with Gasteiger partial charge in [-0.3, -0.25) is 4.98 Å². The third-order valence-corrected chi connectivity index (χ3v) is 5.97. The van der Waals surface area contributed by atoms with Gasteiger partial charge in [-0.1, -0.05) is 18.2 Å². The van der Waals surface area contributed by atoms with Gasteiger partial charge in [-0.25, -0.2) is 5.01 Å². The number of nitrogens with zero attached hydrogens (tertiary/aromatic N) is 3. The molecule has 0 bridgehead atoms. The van der Waals surface area contributed by atoms with E-state index >= 15 is 0 Å². The standard InChI is InChI=1S/C25H25N3O5/c1-29-20-9-5-8-17-19-13-18(15-7-6-10-26-14-15)27-28(19)25(33-23(17)20)16-11-21(30-2)24(32-4)22(12-16)31-3/h5-12,14,19,25H,13H2,1-4H3/t19-,25+/m0/s1. The third kappa shape index (κ3) is 3.47. The van der Waals surface area contributed by atoms with E-state index in [-0.39, 0.29) is 6.04 Å². The number of pyridine rings is 1. The van der Waals surface area contributed by atoms with Gasteiger partial charge in [0.05, 0.1) is 40.2 Å². The fraction of sp³-hybridized carbons (Fsp3) is 0.280. The zero-order valence-corrected chi connectivity index (χ0v) is 18.9. The van der Waals surface area contributed by atoms with Crippen LogP contribution in [0.15, 0.2) is 60.0 Å². The molecule has 0 N–H and O–H groups in total. The molecule has 0 saturated carbocycles. The van der Waals surface area contributed by atoms with Gasteiger partial charge in [-0.15, -0.1) is 0 Å². The smallest absolute Gasteiger partial charge is 0.214 e. The zero-order valence-electron chi connectivity index (χ0n) is 18.9. The Morgan fingerprint density at radius 1 is 0.909 bits per heavy atom. The minimum atomic E-state index is -0.526. The van der Waals surface area contributed by atoms with Gasteiger partial charge >= 0.3 is 0 Å². The lowest BCUT2D eigenvalue weighted by atomic mass is 9.96. The Kier molecular flexibility index (Phi) is 5.42. The van der Waals surface area contributed by atoms with Crippen LogP contribution in [0.25, 0.3) is 0 Å². The molecule has 33 heavy (non-hydrogen) atoms. The van der Waals surface area contributed by atoms with Crippen molar-refractivity contribution < 1.29 is 23.7 Å². The molecule has 2 atom stereocenters. The number of hydrogen-bond acceptors (Lipinski definition) is 8. The minimum Gasteiger partial charge on any atom is -0.493 e. The van der Waals surface area contributed by atoms with Gasteiger partial charge in [-0.05, 0) is 24.3 Å². The van der Waals surface area contributed by atoms with Crippen molar-refractivity contribution in [3.8, 4) is 28.7 Å². The maximum absolute atomic E-state index is 6.54. The van der Waals surface area contributed by atoms with Gasteiger partial charge in [0.2, 0.25) is 12.0 Å². The van der Waals surface area contributed by atoms with Gasteiger partial charge in [-0.2, -0.15) is 5.10 Å². The Labute approximate surface area is 192 Å². The van der Waals surface area contributed by atoms with Crippen LogP contribution in [-0.4, -0.2) is 44.1 Å². The van der Waals surface area contributed by atoms with E-state index < -0.39 is 6.23 Å². The number of rotatable bonds is 6. The Morgan fingerprint density at radius 3 is 2.30 bits per heavy atom. The number of ether oxygens (including phenoxy) is 5. The van der Waals surface area contributed by atoms with Gasteiger partial charge in [0.25, 0.3) is 0 Å². The number of fused-ring (bicyclic) bond motifs is 3. The first-order chi connectivity index (χ1) is 16.2. The molecule has 1 aromatic heterocycles. The van der Waals surface area contributed by atoms with Crippen LogP contribution in [-0.2, 0) is 0 Å². The van der Waals surface area contributed by atoms with Crippen LogP contribution in [0.2, 0.25) is 0 Å². The van der Waals surface area contributed by atoms with Crippen molar-refractivity contribution in [2.24, 2.45) is 5.10 Å². The summed E-state index contributed by atoms with van der Waals surface area (Å²) in [5, 5.41) is 6.97. The molecule has 0 amide bonds. The van der Waals surface area contributed by atoms with Crippen molar-refractivity contribution in [2.75, 3.05) is 28.4 Å². The number of hydrogen-bond donors (Lipinski definition) is 0. The average Bonchev–Trinajstić information content (AvgIpc) is 3.33. The molecule has 2 aliphatic heterocycles. The highest BCUT2D eigenvalue weighted by Crippen LogP contribution is 2.52. The summed E-state index contributed by atoms with van der Waals surface area (Å²) < 4.78 is 28.8. The maximum atomic E-state index is 6.54. The largest absolute Gasteiger partial charge is 0.493 e. The highest BCUT2D eigenvalue weighted by molar-refractivity contribution is 6.01. The van der Waals surface area contributed by atoms with Crippen molar-refractivity contribution in [2.45, 2.75) is 18.7 Å². The maximum Gasteiger partial charge on any atom is 0.214 e. The molecule has 0 fully saturated rings. The first-order valence-corrected chi connectivity index (χ1v) is 10.6. The lowest BCUT2D eigenvalue weighted by molar-refractivity contribution is -0.0211. The highest BCUT2D eigenvalue weighted by Gasteiger charge is 2.42. The molecule has 170 valence electrons. The zero-order chi connectivity index (χ0) is 22.9. The van der Waals surface area contributed by atoms with Gasteiger partial charge in [0, 0.05) is 35.5 Å². The predicted octanol–water partition coefficient (Wildman–Crippen LogP) is 4.36. The van der Waals surface area contributed by atoms with Crippen molar-refractivity contribution in [3.63, 3.8) is 0 Å². The van der Waals surface area contributed by atoms with E-state index in [1.807, 2.05) is 47.6 Å². The van der Waals surface area contributed by atoms with E-state index in [4.69, 9.17) is 28.8 Å². The normalized spacial score (nSPS) is 18.5. The molecular weight excluding hydrogens is 422 g/mol. The minimum absolute atomic E-state index is 0.0249. The summed E-state index contributed by atoms with van der Waals surface area (Å²) in [6.07, 6.45) is 3.78. The topological polar surface area (TPSA) is 74.6 Å². The molecule has 0 unspecified atom stereocenters. The Bertz CT molecular complexity index is 1170. The fourth-order valence-electron chi connectivity index (χ4n) is 4.42. The fourth-order valence-corrected chi connectivity index (χ4v) is 4.42. The number of methoxy groups -OCH3 is 4. The highest BCUT2D eigenvalue weighted by atomic mass is 16.5. The van der Waals surface area contributed by atoms with Crippen molar-refractivity contribution in [3.05, 3.63) is 71.5 Å². The number of hydrazone groups is 1. The first kappa shape index (κ1) is 20.9. The molecule has 0 spiro atoms. The molecule has 0 aliphatic carbocycles. The summed E-state index contributed by atoms with van der Waals surface area (Å²) in [5.74, 6) is 3.01. The Morgan fingerprint density at radius 2 is 1.67 bits per heavy atom. The average molecular weight is 447 g/mol. The van der Waals surface area contributed by atoms with E-state index in [1.54, 1.807) is 34.6 Å². The molecule has 0 radical (unpaired) electrons. The van der Waals surface area contributed by atoms with Gasteiger partial charge in [0.15, 0.2) is 23.0 Å².